The smallest absolute Gasteiger partial charge is 0.254 e. The molecule has 4 rings (SSSR count). The highest BCUT2D eigenvalue weighted by Crippen LogP contribution is 2.21. The number of aromatic nitrogens is 2. The number of hydrogen-bond donors (Lipinski definition) is 1. The van der Waals surface area contributed by atoms with E-state index in [-0.39, 0.29) is 11.5 Å². The fraction of sp³-hybridized carbons (Fsp3) is 0.312. The van der Waals surface area contributed by atoms with Crippen LogP contribution < -0.4 is 10.1 Å². The number of fused-ring (bicyclic) bond motifs is 1. The number of carbonyl (C=O) groups excluding carboxylic acids is 1. The minimum Gasteiger partial charge on any atom is -0.493 e. The zero-order valence-electron chi connectivity index (χ0n) is 21.9. The number of benzene rings is 3. The quantitative estimate of drug-likeness (QED) is 0.139. The third-order valence-electron chi connectivity index (χ3n) is 6.59. The number of ether oxygens (including phenoxy) is 1. The second-order valence-electron chi connectivity index (χ2n) is 9.37. The van der Waals surface area contributed by atoms with Gasteiger partial charge in [0.2, 0.25) is 0 Å². The Morgan fingerprint density at radius 1 is 0.947 bits per heavy atom. The summed E-state index contributed by atoms with van der Waals surface area (Å²) in [5, 5.41) is 2.82. The summed E-state index contributed by atoms with van der Waals surface area (Å²) in [7, 11) is 0. The third kappa shape index (κ3) is 7.31. The molecule has 0 aliphatic rings. The molecule has 0 spiro atoms. The molecule has 0 atom stereocenters. The molecule has 1 aromatic heterocycles. The molecule has 0 bridgehead atoms. The van der Waals surface area contributed by atoms with Crippen molar-refractivity contribution in [3.05, 3.63) is 108 Å². The van der Waals surface area contributed by atoms with Crippen LogP contribution in [0.4, 0.5) is 4.39 Å². The van der Waals surface area contributed by atoms with Crippen molar-refractivity contribution >= 4 is 16.9 Å². The van der Waals surface area contributed by atoms with E-state index in [9.17, 15) is 9.18 Å². The summed E-state index contributed by atoms with van der Waals surface area (Å²) in [6.07, 6.45) is 8.30. The number of nitrogens with one attached hydrogen (secondary N) is 1. The number of amides is 1. The first-order chi connectivity index (χ1) is 18.7. The fourth-order valence-corrected chi connectivity index (χ4v) is 4.62. The molecule has 0 aliphatic carbocycles. The Bertz CT molecular complexity index is 1350. The standard InChI is InChI=1S/C32H36FN3O2/c1-2-14-25-15-5-10-20-30(25)38-24-13-12-23-36-29-19-9-8-18-28(29)35-31(36)21-4-3-11-22-34-32(37)26-16-6-7-17-27(26)33/h2,5-10,15-20H,1,3-4,11-14,21-24H2,(H,34,37). The van der Waals surface area contributed by atoms with Gasteiger partial charge in [-0.05, 0) is 68.0 Å². The fourth-order valence-electron chi connectivity index (χ4n) is 4.62. The van der Waals surface area contributed by atoms with Crippen molar-refractivity contribution < 1.29 is 13.9 Å². The van der Waals surface area contributed by atoms with Gasteiger partial charge in [-0.2, -0.15) is 0 Å². The van der Waals surface area contributed by atoms with Gasteiger partial charge < -0.3 is 14.6 Å². The summed E-state index contributed by atoms with van der Waals surface area (Å²) in [5.41, 5.74) is 3.44. The van der Waals surface area contributed by atoms with E-state index in [0.717, 1.165) is 79.7 Å². The maximum absolute atomic E-state index is 13.8. The summed E-state index contributed by atoms with van der Waals surface area (Å²) in [5.74, 6) is 1.18. The third-order valence-corrected chi connectivity index (χ3v) is 6.59. The minimum absolute atomic E-state index is 0.0904. The van der Waals surface area contributed by atoms with Crippen LogP contribution in [0, 0.1) is 5.82 Å². The molecule has 4 aromatic rings. The number of allylic oxidation sites excluding steroid dienone is 1. The van der Waals surface area contributed by atoms with Crippen LogP contribution >= 0.6 is 0 Å². The van der Waals surface area contributed by atoms with Crippen molar-refractivity contribution in [1.29, 1.82) is 0 Å². The Labute approximate surface area is 224 Å². The Hall–Kier alpha value is -3.93. The number of para-hydroxylation sites is 3. The second kappa shape index (κ2) is 14.1. The van der Waals surface area contributed by atoms with Gasteiger partial charge in [0, 0.05) is 19.5 Å². The number of carbonyl (C=O) groups is 1. The summed E-state index contributed by atoms with van der Waals surface area (Å²) in [6.45, 7) is 5.93. The summed E-state index contributed by atoms with van der Waals surface area (Å²) in [4.78, 5) is 17.1. The predicted molar refractivity (Wildman–Crippen MR) is 151 cm³/mol. The molecule has 5 nitrogen and oxygen atoms in total. The van der Waals surface area contributed by atoms with Crippen LogP contribution in [-0.4, -0.2) is 28.6 Å². The topological polar surface area (TPSA) is 56.1 Å². The van der Waals surface area contributed by atoms with Crippen molar-refractivity contribution in [2.75, 3.05) is 13.2 Å². The second-order valence-corrected chi connectivity index (χ2v) is 9.37. The lowest BCUT2D eigenvalue weighted by Crippen LogP contribution is -2.25. The van der Waals surface area contributed by atoms with Gasteiger partial charge in [0.15, 0.2) is 0 Å². The van der Waals surface area contributed by atoms with Crippen LogP contribution in [0.5, 0.6) is 5.75 Å². The molecule has 38 heavy (non-hydrogen) atoms. The minimum atomic E-state index is -0.493. The molecular formula is C32H36FN3O2. The van der Waals surface area contributed by atoms with Gasteiger partial charge in [-0.25, -0.2) is 9.37 Å². The molecule has 3 aromatic carbocycles. The maximum Gasteiger partial charge on any atom is 0.254 e. The van der Waals surface area contributed by atoms with Crippen LogP contribution in [0.3, 0.4) is 0 Å². The molecule has 0 fully saturated rings. The number of hydrogen-bond acceptors (Lipinski definition) is 3. The first-order valence-electron chi connectivity index (χ1n) is 13.5. The molecular weight excluding hydrogens is 477 g/mol. The van der Waals surface area contributed by atoms with Crippen molar-refractivity contribution in [1.82, 2.24) is 14.9 Å². The zero-order chi connectivity index (χ0) is 26.6. The van der Waals surface area contributed by atoms with Gasteiger partial charge in [-0.1, -0.05) is 55.0 Å². The average molecular weight is 514 g/mol. The number of nitrogens with zero attached hydrogens (tertiary/aromatic N) is 2. The lowest BCUT2D eigenvalue weighted by molar-refractivity contribution is 0.0949. The van der Waals surface area contributed by atoms with Crippen LogP contribution in [0.1, 0.15) is 53.8 Å². The molecule has 1 heterocycles. The maximum atomic E-state index is 13.8. The monoisotopic (exact) mass is 513 g/mol. The van der Waals surface area contributed by atoms with Crippen LogP contribution in [0.25, 0.3) is 11.0 Å². The van der Waals surface area contributed by atoms with Gasteiger partial charge in [-0.15, -0.1) is 6.58 Å². The average Bonchev–Trinajstić information content (AvgIpc) is 3.29. The highest BCUT2D eigenvalue weighted by atomic mass is 19.1. The van der Waals surface area contributed by atoms with Crippen LogP contribution in [0.15, 0.2) is 85.5 Å². The molecule has 1 N–H and O–H groups in total. The molecule has 0 saturated carbocycles. The molecule has 0 saturated heterocycles. The molecule has 0 radical (unpaired) electrons. The zero-order valence-corrected chi connectivity index (χ0v) is 21.9. The summed E-state index contributed by atoms with van der Waals surface area (Å²) >= 11 is 0. The van der Waals surface area contributed by atoms with E-state index >= 15 is 0 Å². The molecule has 0 unspecified atom stereocenters. The molecule has 1 amide bonds. The van der Waals surface area contributed by atoms with E-state index in [2.05, 4.69) is 40.7 Å². The number of unbranched alkanes of at least 4 members (excludes halogenated alkanes) is 3. The Kier molecular flexibility index (Phi) is 10.1. The van der Waals surface area contributed by atoms with Gasteiger partial charge in [0.05, 0.1) is 23.2 Å². The lowest BCUT2D eigenvalue weighted by atomic mass is 10.1. The Balaban J connectivity index is 1.23. The van der Waals surface area contributed by atoms with E-state index in [1.54, 1.807) is 12.1 Å². The van der Waals surface area contributed by atoms with E-state index in [1.165, 1.54) is 12.1 Å². The van der Waals surface area contributed by atoms with Gasteiger partial charge >= 0.3 is 0 Å². The molecule has 198 valence electrons. The SMILES string of the molecule is C=CCc1ccccc1OCCCCn1c(CCCCCNC(=O)c2ccccc2F)nc2ccccc21. The van der Waals surface area contributed by atoms with Crippen molar-refractivity contribution in [3.63, 3.8) is 0 Å². The first-order valence-corrected chi connectivity index (χ1v) is 13.5. The number of rotatable bonds is 15. The largest absolute Gasteiger partial charge is 0.493 e. The lowest BCUT2D eigenvalue weighted by Gasteiger charge is -2.12. The van der Waals surface area contributed by atoms with E-state index in [0.29, 0.717) is 13.2 Å². The van der Waals surface area contributed by atoms with E-state index < -0.39 is 5.82 Å². The van der Waals surface area contributed by atoms with Crippen molar-refractivity contribution in [2.24, 2.45) is 0 Å². The van der Waals surface area contributed by atoms with Gasteiger partial charge in [-0.3, -0.25) is 4.79 Å². The van der Waals surface area contributed by atoms with E-state index in [4.69, 9.17) is 9.72 Å². The van der Waals surface area contributed by atoms with Gasteiger partial charge in [0.25, 0.3) is 5.91 Å². The van der Waals surface area contributed by atoms with Crippen molar-refractivity contribution in [2.45, 2.75) is 51.5 Å². The predicted octanol–water partition coefficient (Wildman–Crippen LogP) is 6.91. The van der Waals surface area contributed by atoms with Crippen LogP contribution in [0.2, 0.25) is 0 Å². The Morgan fingerprint density at radius 2 is 1.74 bits per heavy atom. The normalized spacial score (nSPS) is 11.0. The number of halogens is 1. The number of imidazole rings is 1. The van der Waals surface area contributed by atoms with E-state index in [1.807, 2.05) is 30.3 Å². The Morgan fingerprint density at radius 3 is 2.61 bits per heavy atom. The van der Waals surface area contributed by atoms with Crippen molar-refractivity contribution in [3.8, 4) is 5.75 Å². The van der Waals surface area contributed by atoms with Gasteiger partial charge in [0.1, 0.15) is 17.4 Å². The highest BCUT2D eigenvalue weighted by Gasteiger charge is 2.12. The van der Waals surface area contributed by atoms with Crippen LogP contribution in [-0.2, 0) is 19.4 Å². The summed E-state index contributed by atoms with van der Waals surface area (Å²) < 4.78 is 22.1. The molecule has 0 aliphatic heterocycles. The summed E-state index contributed by atoms with van der Waals surface area (Å²) in [6, 6.07) is 22.5. The highest BCUT2D eigenvalue weighted by molar-refractivity contribution is 5.94. The molecule has 6 heteroatoms. The first kappa shape index (κ1) is 27.1. The number of aryl methyl sites for hydroxylation is 2.